The molecule has 0 aromatic carbocycles. The van der Waals surface area contributed by atoms with Crippen molar-refractivity contribution in [2.75, 3.05) is 21.3 Å². The molecular formula is C10H32O5Si3. The van der Waals surface area contributed by atoms with Crippen molar-refractivity contribution in [3.63, 3.8) is 0 Å². The van der Waals surface area contributed by atoms with E-state index in [2.05, 4.69) is 19.6 Å². The van der Waals surface area contributed by atoms with Crippen molar-refractivity contribution < 1.29 is 21.5 Å². The molecule has 0 aliphatic rings. The van der Waals surface area contributed by atoms with Gasteiger partial charge in [0.1, 0.15) is 0 Å². The molecule has 0 fully saturated rings. The summed E-state index contributed by atoms with van der Waals surface area (Å²) in [6, 6.07) is 0. The van der Waals surface area contributed by atoms with Gasteiger partial charge in [0.15, 0.2) is 8.32 Å². The van der Waals surface area contributed by atoms with Gasteiger partial charge in [0.05, 0.1) is 0 Å². The minimum atomic E-state index is -2.99. The molecule has 0 atom stereocenters. The first-order chi connectivity index (χ1) is 7.10. The molecule has 0 unspecified atom stereocenters. The van der Waals surface area contributed by atoms with Crippen LogP contribution in [0, 0.1) is 0 Å². The molecule has 114 valence electrons. The van der Waals surface area contributed by atoms with Gasteiger partial charge in [-0.15, -0.1) is 0 Å². The van der Waals surface area contributed by atoms with E-state index in [9.17, 15) is 0 Å². The fourth-order valence-electron chi connectivity index (χ4n) is 1.43. The van der Waals surface area contributed by atoms with E-state index in [1.807, 2.05) is 13.1 Å². The molecule has 0 N–H and O–H groups in total. The van der Waals surface area contributed by atoms with Crippen LogP contribution in [0.15, 0.2) is 0 Å². The standard InChI is InChI=1S/C8H24O5Si3.2CH4/c1-9-16(10-2,11-3)13-15(7,8)12-14(4,5)6;;/h1-8H3;2*1H4. The first-order valence-corrected chi connectivity index (χ1v) is 13.0. The molecule has 18 heavy (non-hydrogen) atoms. The Labute approximate surface area is 117 Å². The number of hydrogen-bond acceptors (Lipinski definition) is 5. The van der Waals surface area contributed by atoms with Crippen LogP contribution in [0.2, 0.25) is 32.7 Å². The van der Waals surface area contributed by atoms with Crippen LogP contribution in [0.3, 0.4) is 0 Å². The van der Waals surface area contributed by atoms with E-state index in [-0.39, 0.29) is 14.9 Å². The second-order valence-corrected chi connectivity index (χ2v) is 15.7. The number of rotatable bonds is 7. The quantitative estimate of drug-likeness (QED) is 0.675. The van der Waals surface area contributed by atoms with Gasteiger partial charge in [-0.2, -0.15) is 0 Å². The van der Waals surface area contributed by atoms with Crippen LogP contribution < -0.4 is 0 Å². The van der Waals surface area contributed by atoms with Gasteiger partial charge in [-0.1, -0.05) is 14.9 Å². The van der Waals surface area contributed by atoms with Crippen molar-refractivity contribution in [1.29, 1.82) is 0 Å². The van der Waals surface area contributed by atoms with Crippen molar-refractivity contribution in [2.45, 2.75) is 47.6 Å². The first-order valence-electron chi connectivity index (χ1n) is 5.15. The van der Waals surface area contributed by atoms with Gasteiger partial charge >= 0.3 is 17.6 Å². The molecule has 0 aromatic heterocycles. The lowest BCUT2D eigenvalue weighted by Gasteiger charge is -2.35. The molecule has 0 bridgehead atoms. The molecule has 5 nitrogen and oxygen atoms in total. The summed E-state index contributed by atoms with van der Waals surface area (Å²) < 4.78 is 27.6. The summed E-state index contributed by atoms with van der Waals surface area (Å²) in [6.07, 6.45) is 0. The van der Waals surface area contributed by atoms with Crippen LogP contribution in [-0.4, -0.2) is 47.3 Å². The molecular weight excluding hydrogens is 284 g/mol. The van der Waals surface area contributed by atoms with Gasteiger partial charge in [0.2, 0.25) is 0 Å². The summed E-state index contributed by atoms with van der Waals surface area (Å²) in [5, 5.41) is 0. The van der Waals surface area contributed by atoms with Crippen LogP contribution in [0.5, 0.6) is 0 Å². The third-order valence-electron chi connectivity index (χ3n) is 1.67. The summed E-state index contributed by atoms with van der Waals surface area (Å²) in [5.74, 6) is 0. The largest absolute Gasteiger partial charge is 0.669 e. The van der Waals surface area contributed by atoms with Crippen molar-refractivity contribution in [3.05, 3.63) is 0 Å². The van der Waals surface area contributed by atoms with Gasteiger partial charge in [0.25, 0.3) is 0 Å². The Bertz CT molecular complexity index is 206. The molecule has 0 rings (SSSR count). The monoisotopic (exact) mass is 316 g/mol. The smallest absolute Gasteiger partial charge is 0.437 e. The highest BCUT2D eigenvalue weighted by Gasteiger charge is 2.49. The summed E-state index contributed by atoms with van der Waals surface area (Å²) in [7, 11) is -2.34. The zero-order valence-corrected chi connectivity index (χ0v) is 14.5. The maximum Gasteiger partial charge on any atom is 0.669 e. The van der Waals surface area contributed by atoms with E-state index >= 15 is 0 Å². The van der Waals surface area contributed by atoms with Crippen LogP contribution in [-0.2, 0) is 21.5 Å². The van der Waals surface area contributed by atoms with Crippen molar-refractivity contribution in [3.8, 4) is 0 Å². The van der Waals surface area contributed by atoms with Gasteiger partial charge in [-0.05, 0) is 32.7 Å². The van der Waals surface area contributed by atoms with Gasteiger partial charge in [0, 0.05) is 21.3 Å². The lowest BCUT2D eigenvalue weighted by molar-refractivity contribution is 0.0412. The van der Waals surface area contributed by atoms with E-state index in [1.165, 1.54) is 21.3 Å². The van der Waals surface area contributed by atoms with E-state index in [1.54, 1.807) is 0 Å². The zero-order valence-electron chi connectivity index (χ0n) is 11.5. The SMILES string of the molecule is C.C.CO[Si](OC)(OC)O[Si](C)(C)O[Si](C)(C)C. The summed E-state index contributed by atoms with van der Waals surface area (Å²) in [4.78, 5) is 0. The third kappa shape index (κ3) is 8.53. The minimum absolute atomic E-state index is 0. The highest BCUT2D eigenvalue weighted by atomic mass is 28.5. The van der Waals surface area contributed by atoms with Crippen molar-refractivity contribution in [2.24, 2.45) is 0 Å². The fourth-order valence-corrected chi connectivity index (χ4v) is 11.8. The molecule has 0 heterocycles. The Morgan fingerprint density at radius 3 is 1.17 bits per heavy atom. The lowest BCUT2D eigenvalue weighted by atomic mass is 11.8. The Morgan fingerprint density at radius 1 is 0.611 bits per heavy atom. The van der Waals surface area contributed by atoms with Crippen LogP contribution in [0.4, 0.5) is 0 Å². The second kappa shape index (κ2) is 8.59. The summed E-state index contributed by atoms with van der Waals surface area (Å²) in [6.45, 7) is 10.3. The topological polar surface area (TPSA) is 46.2 Å². The molecule has 0 radical (unpaired) electrons. The van der Waals surface area contributed by atoms with E-state index in [0.29, 0.717) is 0 Å². The van der Waals surface area contributed by atoms with Crippen LogP contribution in [0.1, 0.15) is 14.9 Å². The summed E-state index contributed by atoms with van der Waals surface area (Å²) in [5.41, 5.74) is 0. The van der Waals surface area contributed by atoms with E-state index in [0.717, 1.165) is 0 Å². The van der Waals surface area contributed by atoms with Gasteiger partial charge < -0.3 is 21.5 Å². The fraction of sp³-hybridized carbons (Fsp3) is 1.00. The predicted octanol–water partition coefficient (Wildman–Crippen LogP) is 3.20. The molecule has 0 amide bonds. The normalized spacial score (nSPS) is 12.7. The molecule has 0 aliphatic carbocycles. The predicted molar refractivity (Wildman–Crippen MR) is 83.2 cm³/mol. The van der Waals surface area contributed by atoms with Crippen LogP contribution in [0.25, 0.3) is 0 Å². The maximum atomic E-state index is 6.04. The number of hydrogen-bond donors (Lipinski definition) is 0. The molecule has 0 saturated heterocycles. The third-order valence-corrected chi connectivity index (χ3v) is 10.6. The Hall–Kier alpha value is 0.451. The van der Waals surface area contributed by atoms with Crippen molar-refractivity contribution >= 4 is 25.9 Å². The Kier molecular flexibility index (Phi) is 11.2. The van der Waals surface area contributed by atoms with Gasteiger partial charge in [-0.3, -0.25) is 0 Å². The van der Waals surface area contributed by atoms with Gasteiger partial charge in [-0.25, -0.2) is 0 Å². The Balaban J connectivity index is -0.00000112. The minimum Gasteiger partial charge on any atom is -0.437 e. The van der Waals surface area contributed by atoms with Crippen molar-refractivity contribution in [1.82, 2.24) is 0 Å². The highest BCUT2D eigenvalue weighted by Crippen LogP contribution is 2.21. The highest BCUT2D eigenvalue weighted by molar-refractivity contribution is 6.84. The molecule has 0 aliphatic heterocycles. The zero-order chi connectivity index (χ0) is 13.0. The Morgan fingerprint density at radius 2 is 0.944 bits per heavy atom. The lowest BCUT2D eigenvalue weighted by Crippen LogP contribution is -2.57. The maximum absolute atomic E-state index is 6.04. The summed E-state index contributed by atoms with van der Waals surface area (Å²) >= 11 is 0. The molecule has 0 aromatic rings. The first kappa shape index (κ1) is 23.5. The van der Waals surface area contributed by atoms with E-state index in [4.69, 9.17) is 21.5 Å². The van der Waals surface area contributed by atoms with Crippen LogP contribution >= 0.6 is 0 Å². The molecule has 0 spiro atoms. The van der Waals surface area contributed by atoms with E-state index < -0.39 is 25.9 Å². The molecule has 0 saturated carbocycles. The second-order valence-electron chi connectivity index (χ2n) is 4.83. The molecule has 8 heteroatoms. The average Bonchev–Trinajstić information content (AvgIpc) is 2.10. The average molecular weight is 317 g/mol.